The second kappa shape index (κ2) is 11.7. The van der Waals surface area contributed by atoms with Crippen molar-refractivity contribution < 1.29 is 4.79 Å². The molecule has 6 rings (SSSR count). The minimum absolute atomic E-state index is 0.0775. The van der Waals surface area contributed by atoms with Gasteiger partial charge in [0, 0.05) is 36.5 Å². The SMILES string of the molecule is N#Cc1ccc(CN2CCC(c3c(C(=O)N4CCC(c5ccccc5)C4)cnn3-c3ccc(Cl)cc3)CC2)cc1. The Morgan fingerprint density at radius 3 is 2.30 bits per heavy atom. The van der Waals surface area contributed by atoms with Crippen LogP contribution in [0.25, 0.3) is 5.69 Å². The molecule has 3 heterocycles. The molecule has 1 unspecified atom stereocenters. The lowest BCUT2D eigenvalue weighted by molar-refractivity contribution is 0.0788. The number of piperidine rings is 1. The summed E-state index contributed by atoms with van der Waals surface area (Å²) in [4.78, 5) is 18.4. The van der Waals surface area contributed by atoms with Crippen LogP contribution < -0.4 is 0 Å². The van der Waals surface area contributed by atoms with Crippen molar-refractivity contribution in [2.24, 2.45) is 0 Å². The van der Waals surface area contributed by atoms with E-state index in [1.165, 1.54) is 11.1 Å². The van der Waals surface area contributed by atoms with Crippen molar-refractivity contribution in [3.05, 3.63) is 118 Å². The molecule has 0 N–H and O–H groups in total. The smallest absolute Gasteiger partial charge is 0.257 e. The van der Waals surface area contributed by atoms with E-state index in [-0.39, 0.29) is 11.8 Å². The molecule has 2 fully saturated rings. The van der Waals surface area contributed by atoms with Crippen molar-refractivity contribution in [1.82, 2.24) is 19.6 Å². The average Bonchev–Trinajstić information content (AvgIpc) is 3.67. The van der Waals surface area contributed by atoms with E-state index in [4.69, 9.17) is 22.0 Å². The fourth-order valence-electron chi connectivity index (χ4n) is 6.12. The van der Waals surface area contributed by atoms with Crippen molar-refractivity contribution in [3.63, 3.8) is 0 Å². The van der Waals surface area contributed by atoms with E-state index in [2.05, 4.69) is 35.2 Å². The minimum atomic E-state index is 0.0775. The van der Waals surface area contributed by atoms with Crippen molar-refractivity contribution in [2.75, 3.05) is 26.2 Å². The molecule has 0 spiro atoms. The number of hydrogen-bond donors (Lipinski definition) is 0. The number of hydrogen-bond acceptors (Lipinski definition) is 4. The van der Waals surface area contributed by atoms with Gasteiger partial charge in [-0.25, -0.2) is 4.68 Å². The molecule has 2 aliphatic heterocycles. The summed E-state index contributed by atoms with van der Waals surface area (Å²) < 4.78 is 1.95. The van der Waals surface area contributed by atoms with E-state index in [1.54, 1.807) is 6.20 Å². The molecule has 202 valence electrons. The van der Waals surface area contributed by atoms with Crippen LogP contribution >= 0.6 is 11.6 Å². The van der Waals surface area contributed by atoms with Crippen molar-refractivity contribution in [3.8, 4) is 11.8 Å². The predicted molar refractivity (Wildman–Crippen MR) is 157 cm³/mol. The first-order chi connectivity index (χ1) is 19.6. The molecule has 4 aromatic rings. The van der Waals surface area contributed by atoms with Gasteiger partial charge in [0.25, 0.3) is 5.91 Å². The molecule has 2 aliphatic rings. The quantitative estimate of drug-likeness (QED) is 0.279. The molecule has 1 atom stereocenters. The number of aromatic nitrogens is 2. The van der Waals surface area contributed by atoms with E-state index in [1.807, 2.05) is 64.2 Å². The Kier molecular flexibility index (Phi) is 7.68. The Morgan fingerprint density at radius 1 is 0.900 bits per heavy atom. The third-order valence-electron chi connectivity index (χ3n) is 8.32. The Hall–Kier alpha value is -3.92. The first-order valence-electron chi connectivity index (χ1n) is 14.0. The molecule has 0 aliphatic carbocycles. The van der Waals surface area contributed by atoms with Gasteiger partial charge in [-0.2, -0.15) is 10.4 Å². The molecule has 0 radical (unpaired) electrons. The van der Waals surface area contributed by atoms with Gasteiger partial charge in [0.1, 0.15) is 0 Å². The molecular formula is C33H32ClN5O. The summed E-state index contributed by atoms with van der Waals surface area (Å²) in [5.41, 5.74) is 5.83. The number of nitrogens with zero attached hydrogens (tertiary/aromatic N) is 5. The molecule has 0 saturated carbocycles. The monoisotopic (exact) mass is 549 g/mol. The van der Waals surface area contributed by atoms with E-state index >= 15 is 0 Å². The third-order valence-corrected chi connectivity index (χ3v) is 8.57. The number of halogens is 1. The van der Waals surface area contributed by atoms with Crippen LogP contribution in [0.4, 0.5) is 0 Å². The summed E-state index contributed by atoms with van der Waals surface area (Å²) >= 11 is 6.18. The lowest BCUT2D eigenvalue weighted by Crippen LogP contribution is -2.34. The summed E-state index contributed by atoms with van der Waals surface area (Å²) in [6, 6.07) is 28.2. The van der Waals surface area contributed by atoms with Crippen LogP contribution in [-0.2, 0) is 6.54 Å². The normalized spacial score (nSPS) is 18.1. The van der Waals surface area contributed by atoms with Crippen molar-refractivity contribution in [1.29, 1.82) is 5.26 Å². The van der Waals surface area contributed by atoms with Crippen molar-refractivity contribution >= 4 is 17.5 Å². The maximum atomic E-state index is 14.0. The van der Waals surface area contributed by atoms with E-state index in [0.717, 1.165) is 63.4 Å². The number of carbonyl (C=O) groups excluding carboxylic acids is 1. The molecule has 1 amide bonds. The topological polar surface area (TPSA) is 65.2 Å². The largest absolute Gasteiger partial charge is 0.338 e. The highest BCUT2D eigenvalue weighted by Crippen LogP contribution is 2.35. The molecular weight excluding hydrogens is 518 g/mol. The lowest BCUT2D eigenvalue weighted by atomic mass is 9.90. The van der Waals surface area contributed by atoms with Gasteiger partial charge < -0.3 is 4.90 Å². The van der Waals surface area contributed by atoms with E-state index in [9.17, 15) is 4.79 Å². The van der Waals surface area contributed by atoms with Gasteiger partial charge in [-0.3, -0.25) is 9.69 Å². The van der Waals surface area contributed by atoms with Crippen LogP contribution in [0.1, 0.15) is 63.8 Å². The number of carbonyl (C=O) groups is 1. The Balaban J connectivity index is 1.22. The molecule has 0 bridgehead atoms. The number of nitriles is 1. The molecule has 2 saturated heterocycles. The van der Waals surface area contributed by atoms with Gasteiger partial charge in [0.2, 0.25) is 0 Å². The Morgan fingerprint density at radius 2 is 1.60 bits per heavy atom. The maximum Gasteiger partial charge on any atom is 0.257 e. The molecule has 40 heavy (non-hydrogen) atoms. The summed E-state index contributed by atoms with van der Waals surface area (Å²) in [5, 5.41) is 14.5. The second-order valence-corrected chi connectivity index (χ2v) is 11.3. The van der Waals surface area contributed by atoms with Gasteiger partial charge in [-0.15, -0.1) is 0 Å². The van der Waals surface area contributed by atoms with Crippen LogP contribution in [0.5, 0.6) is 0 Å². The van der Waals surface area contributed by atoms with Crippen molar-refractivity contribution in [2.45, 2.75) is 37.6 Å². The number of benzene rings is 3. The number of rotatable bonds is 6. The second-order valence-electron chi connectivity index (χ2n) is 10.8. The van der Waals surface area contributed by atoms with E-state index < -0.39 is 0 Å². The minimum Gasteiger partial charge on any atom is -0.338 e. The van der Waals surface area contributed by atoms with Gasteiger partial charge in [-0.1, -0.05) is 54.1 Å². The molecule has 3 aromatic carbocycles. The van der Waals surface area contributed by atoms with Crippen LogP contribution in [0.2, 0.25) is 5.02 Å². The highest BCUT2D eigenvalue weighted by atomic mass is 35.5. The summed E-state index contributed by atoms with van der Waals surface area (Å²) in [6.45, 7) is 4.22. The summed E-state index contributed by atoms with van der Waals surface area (Å²) in [5.74, 6) is 0.667. The van der Waals surface area contributed by atoms with Gasteiger partial charge in [-0.05, 0) is 79.9 Å². The first-order valence-corrected chi connectivity index (χ1v) is 14.4. The zero-order valence-corrected chi connectivity index (χ0v) is 23.2. The van der Waals surface area contributed by atoms with Crippen LogP contribution in [0.3, 0.4) is 0 Å². The highest BCUT2D eigenvalue weighted by Gasteiger charge is 2.34. The zero-order valence-electron chi connectivity index (χ0n) is 22.4. The Bertz CT molecular complexity index is 1500. The number of likely N-dealkylation sites (tertiary alicyclic amines) is 2. The summed E-state index contributed by atoms with van der Waals surface area (Å²) in [6.07, 6.45) is 4.64. The molecule has 1 aromatic heterocycles. The lowest BCUT2D eigenvalue weighted by Gasteiger charge is -2.33. The van der Waals surface area contributed by atoms with Gasteiger partial charge in [0.05, 0.1) is 34.8 Å². The summed E-state index contributed by atoms with van der Waals surface area (Å²) in [7, 11) is 0. The average molecular weight is 550 g/mol. The third kappa shape index (κ3) is 5.54. The van der Waals surface area contributed by atoms with Crippen LogP contribution in [-0.4, -0.2) is 51.7 Å². The standard InChI is InChI=1S/C33H32ClN5O/c34-29-10-12-30(13-11-29)39-32(27-14-17-37(18-15-27)22-25-8-6-24(20-35)7-9-25)31(21-36-39)33(40)38-19-16-28(23-38)26-4-2-1-3-5-26/h1-13,21,27-28H,14-19,22-23H2. The van der Waals surface area contributed by atoms with E-state index in [0.29, 0.717) is 22.1 Å². The van der Waals surface area contributed by atoms with Crippen LogP contribution in [0.15, 0.2) is 85.1 Å². The van der Waals surface area contributed by atoms with Gasteiger partial charge >= 0.3 is 0 Å². The highest BCUT2D eigenvalue weighted by molar-refractivity contribution is 6.30. The van der Waals surface area contributed by atoms with Gasteiger partial charge in [0.15, 0.2) is 0 Å². The fourth-order valence-corrected chi connectivity index (χ4v) is 6.25. The maximum absolute atomic E-state index is 14.0. The molecule has 7 heteroatoms. The van der Waals surface area contributed by atoms with Crippen LogP contribution in [0, 0.1) is 11.3 Å². The first kappa shape index (κ1) is 26.3. The fraction of sp³-hybridized carbons (Fsp3) is 0.303. The molecule has 6 nitrogen and oxygen atoms in total. The predicted octanol–water partition coefficient (Wildman–Crippen LogP) is 6.41. The Labute approximate surface area is 240 Å². The zero-order chi connectivity index (χ0) is 27.5. The number of amides is 1.